The lowest BCUT2D eigenvalue weighted by Crippen LogP contribution is -2.63. The van der Waals surface area contributed by atoms with E-state index in [4.69, 9.17) is 22.4 Å². The molecule has 0 spiro atoms. The van der Waals surface area contributed by atoms with Crippen LogP contribution < -0.4 is 26.7 Å². The molecule has 1 fully saturated rings. The molecule has 4 rings (SSSR count). The minimum atomic E-state index is -1.14. The fraction of sp³-hybridized carbons (Fsp3) is 0.400. The van der Waals surface area contributed by atoms with Crippen LogP contribution in [0.4, 0.5) is 10.9 Å². The van der Waals surface area contributed by atoms with Crippen LogP contribution in [0.1, 0.15) is 6.92 Å². The summed E-state index contributed by atoms with van der Waals surface area (Å²) in [6, 6.07) is 0. The first kappa shape index (κ1) is 31.0. The molecule has 1 aromatic rings. The van der Waals surface area contributed by atoms with Gasteiger partial charge >= 0.3 is 17.7 Å². The largest absolute Gasteiger partial charge is 0.477 e. The molecule has 2 amide bonds. The summed E-state index contributed by atoms with van der Waals surface area (Å²) in [5.74, 6) is -0.315. The van der Waals surface area contributed by atoms with Crippen LogP contribution >= 0.6 is 58.6 Å². The van der Waals surface area contributed by atoms with Crippen molar-refractivity contribution >= 4 is 99.5 Å². The number of nitrogens with zero attached hydrogens (tertiary/aromatic N) is 7. The zero-order valence-corrected chi connectivity index (χ0v) is 25.6. The molecule has 4 heterocycles. The molecule has 16 nitrogen and oxygen atoms in total. The Morgan fingerprint density at radius 1 is 1.41 bits per heavy atom. The Kier molecular flexibility index (Phi) is 10.1. The number of aromatic nitrogens is 1. The minimum Gasteiger partial charge on any atom is -0.477 e. The van der Waals surface area contributed by atoms with Crippen LogP contribution in [0.3, 0.4) is 0 Å². The summed E-state index contributed by atoms with van der Waals surface area (Å²) in [7, 11) is 0. The highest BCUT2D eigenvalue weighted by Crippen LogP contribution is 2.53. The second kappa shape index (κ2) is 13.3. The van der Waals surface area contributed by atoms with Crippen molar-refractivity contribution in [2.75, 3.05) is 36.2 Å². The molecule has 0 aromatic carbocycles. The number of hydrogen-bond acceptors (Lipinski definition) is 15. The number of carbonyl (C=O) groups is 3. The van der Waals surface area contributed by atoms with Crippen LogP contribution in [0.25, 0.3) is 0 Å². The van der Waals surface area contributed by atoms with Gasteiger partial charge in [0.25, 0.3) is 0 Å². The molecule has 0 bridgehead atoms. The molecule has 1 aromatic heterocycles. The van der Waals surface area contributed by atoms with Crippen LogP contribution in [0.5, 0.6) is 0 Å². The lowest BCUT2D eigenvalue weighted by atomic mass is 10.1. The lowest BCUT2D eigenvalue weighted by Gasteiger charge is -2.47. The van der Waals surface area contributed by atoms with Gasteiger partial charge in [0.2, 0.25) is 11.9 Å². The number of guanidine groups is 1. The molecule has 21 heteroatoms. The topological polar surface area (TPSA) is 229 Å². The third-order valence-corrected chi connectivity index (χ3v) is 11.2. The smallest absolute Gasteiger partial charge is 0.352 e. The van der Waals surface area contributed by atoms with Gasteiger partial charge in [-0.25, -0.2) is 4.79 Å². The molecular formula is C20H28N11O5S5+. The Balaban J connectivity index is 1.57. The van der Waals surface area contributed by atoms with Crippen molar-refractivity contribution in [3.63, 3.8) is 0 Å². The quantitative estimate of drug-likeness (QED) is 0.0245. The Morgan fingerprint density at radius 3 is 2.83 bits per heavy atom. The number of aliphatic carboxylic acids is 1. The molecule has 3 aliphatic rings. The van der Waals surface area contributed by atoms with Crippen LogP contribution in [-0.2, 0) is 14.4 Å². The van der Waals surface area contributed by atoms with Crippen LogP contribution in [0, 0.1) is 0 Å². The van der Waals surface area contributed by atoms with Gasteiger partial charge in [0.15, 0.2) is 17.1 Å². The number of carboxylic acid groups (broad SMARTS) is 1. The Morgan fingerprint density at radius 2 is 2.20 bits per heavy atom. The summed E-state index contributed by atoms with van der Waals surface area (Å²) in [6.45, 7) is 3.09. The van der Waals surface area contributed by atoms with E-state index in [1.807, 2.05) is 11.9 Å². The number of amides is 2. The summed E-state index contributed by atoms with van der Waals surface area (Å²) in [5, 5.41) is 30.0. The zero-order valence-electron chi connectivity index (χ0n) is 21.5. The molecule has 0 saturated carbocycles. The maximum absolute atomic E-state index is 13.0. The molecule has 0 aliphatic carbocycles. The molecule has 3 atom stereocenters. The third kappa shape index (κ3) is 6.75. The normalized spacial score (nSPS) is 23.5. The van der Waals surface area contributed by atoms with Gasteiger partial charge in [-0.2, -0.15) is 15.4 Å². The van der Waals surface area contributed by atoms with Gasteiger partial charge in [0, 0.05) is 24.6 Å². The van der Waals surface area contributed by atoms with Gasteiger partial charge in [-0.1, -0.05) is 28.3 Å². The van der Waals surface area contributed by atoms with Crippen LogP contribution in [0.15, 0.2) is 37.8 Å². The maximum atomic E-state index is 13.0. The summed E-state index contributed by atoms with van der Waals surface area (Å²) < 4.78 is 0.307. The van der Waals surface area contributed by atoms with Gasteiger partial charge < -0.3 is 27.5 Å². The average molecular weight is 663 g/mol. The van der Waals surface area contributed by atoms with Gasteiger partial charge in [-0.05, 0) is 17.1 Å². The number of nitrogens with two attached hydrogens (primary N) is 3. The number of hydrogen-bond donors (Lipinski definition) is 6. The molecule has 0 radical (unpaired) electrons. The Bertz CT molecular complexity index is 1300. The first-order valence-electron chi connectivity index (χ1n) is 11.9. The van der Waals surface area contributed by atoms with E-state index in [1.54, 1.807) is 16.6 Å². The summed E-state index contributed by atoms with van der Waals surface area (Å²) in [4.78, 5) is 43.0. The van der Waals surface area contributed by atoms with E-state index in [0.29, 0.717) is 40.5 Å². The summed E-state index contributed by atoms with van der Waals surface area (Å²) in [6.07, 6.45) is 4.07. The van der Waals surface area contributed by atoms with E-state index in [1.165, 1.54) is 69.5 Å². The monoisotopic (exact) mass is 662 g/mol. The molecule has 1 unspecified atom stereocenters. The van der Waals surface area contributed by atoms with Gasteiger partial charge in [0.1, 0.15) is 32.6 Å². The third-order valence-electron chi connectivity index (χ3n) is 5.69. The van der Waals surface area contributed by atoms with Crippen molar-refractivity contribution in [2.24, 2.45) is 21.7 Å². The number of fused-ring (bicyclic) bond motifs is 1. The van der Waals surface area contributed by atoms with Crippen molar-refractivity contribution in [3.8, 4) is 0 Å². The fourth-order valence-electron chi connectivity index (χ4n) is 3.92. The Labute approximate surface area is 255 Å². The van der Waals surface area contributed by atoms with E-state index in [9.17, 15) is 19.5 Å². The second-order valence-electron chi connectivity index (χ2n) is 8.29. The molecule has 1 saturated heterocycles. The van der Waals surface area contributed by atoms with E-state index in [-0.39, 0.29) is 32.2 Å². The van der Waals surface area contributed by atoms with Crippen molar-refractivity contribution in [1.82, 2.24) is 29.4 Å². The zero-order chi connectivity index (χ0) is 29.7. The standard InChI is InChI=1S/C20H27N11O5S5/c1-2-28(26-19(21)22)4-6-37-10-29-8-14(40-15-16(33)30-11(18(34)35)3-5-38-17(15)30)41-31(29,27-13(32)7-24-36)12-9-39-20(23)25-12/h3,7-9,15,17H,2,4-6,10H2,1H3,(H8-,21,22,23,25,26,27,32,34,35,36)/p+1/t15-,17+,31?/m1/s1. The van der Waals surface area contributed by atoms with Crippen LogP contribution in [-0.4, -0.2) is 101 Å². The SMILES string of the molecule is CCN(CCSCN1C=C(S[C@@H]2C(=O)N3C(C(=O)O)=CCS[C@@H]23)S[N+]1(NC(=O)C=NO)c1csc(N)n1)N=C(N)N. The highest BCUT2D eigenvalue weighted by Gasteiger charge is 2.56. The fourth-order valence-corrected chi connectivity index (χ4v) is 9.71. The van der Waals surface area contributed by atoms with Crippen molar-refractivity contribution in [1.29, 1.82) is 0 Å². The number of oxime groups is 1. The van der Waals surface area contributed by atoms with E-state index in [2.05, 4.69) is 20.7 Å². The number of anilines is 1. The minimum absolute atomic E-state index is 0.0119. The predicted octanol–water partition coefficient (Wildman–Crippen LogP) is 0.388. The molecule has 222 valence electrons. The second-order valence-corrected chi connectivity index (χ2v) is 14.0. The van der Waals surface area contributed by atoms with Gasteiger partial charge in [0.05, 0.1) is 11.6 Å². The highest BCUT2D eigenvalue weighted by molar-refractivity contribution is 8.23. The van der Waals surface area contributed by atoms with Gasteiger partial charge in [-0.3, -0.25) is 19.5 Å². The van der Waals surface area contributed by atoms with E-state index < -0.39 is 17.1 Å². The number of rotatable bonds is 13. The first-order valence-corrected chi connectivity index (χ1v) is 16.6. The number of carboxylic acids is 1. The number of β-lactam (4-membered cyclic amide) rings is 1. The highest BCUT2D eigenvalue weighted by atomic mass is 32.2. The van der Waals surface area contributed by atoms with Crippen molar-refractivity contribution in [2.45, 2.75) is 17.5 Å². The number of hydrazone groups is 1. The number of nitrogens with one attached hydrogen (secondary N) is 1. The van der Waals surface area contributed by atoms with E-state index in [0.717, 1.165) is 6.21 Å². The Hall–Kier alpha value is -2.98. The molecule has 3 aliphatic heterocycles. The average Bonchev–Trinajstić information content (AvgIpc) is 3.52. The number of thiazole rings is 1. The molecule has 9 N–H and O–H groups in total. The predicted molar refractivity (Wildman–Crippen MR) is 165 cm³/mol. The summed E-state index contributed by atoms with van der Waals surface area (Å²) in [5.41, 5.74) is 19.8. The molecule has 41 heavy (non-hydrogen) atoms. The van der Waals surface area contributed by atoms with E-state index >= 15 is 0 Å². The lowest BCUT2D eigenvalue weighted by molar-refractivity contribution is -0.145. The number of thioether (sulfide) groups is 3. The maximum Gasteiger partial charge on any atom is 0.352 e. The number of nitrogen functional groups attached to an aromatic ring is 1. The molecular weight excluding hydrogens is 635 g/mol. The van der Waals surface area contributed by atoms with Crippen LogP contribution in [0.2, 0.25) is 0 Å². The van der Waals surface area contributed by atoms with Crippen molar-refractivity contribution < 1.29 is 24.7 Å². The van der Waals surface area contributed by atoms with Gasteiger partial charge in [-0.15, -0.1) is 28.6 Å². The summed E-state index contributed by atoms with van der Waals surface area (Å²) >= 11 is 6.70. The van der Waals surface area contributed by atoms with Crippen molar-refractivity contribution in [3.05, 3.63) is 27.6 Å². The number of carbonyl (C=O) groups excluding carboxylic acids is 2. The first-order chi connectivity index (χ1) is 19.6. The number of quaternary nitrogens is 1.